The van der Waals surface area contributed by atoms with Crippen molar-refractivity contribution in [3.05, 3.63) is 63.7 Å². The number of ether oxygens (including phenoxy) is 2. The van der Waals surface area contributed by atoms with Crippen LogP contribution in [0.3, 0.4) is 0 Å². The van der Waals surface area contributed by atoms with Gasteiger partial charge in [0.05, 0.1) is 16.2 Å². The van der Waals surface area contributed by atoms with Gasteiger partial charge in [0.25, 0.3) is 11.6 Å². The van der Waals surface area contributed by atoms with Crippen LogP contribution in [0.25, 0.3) is 0 Å². The van der Waals surface area contributed by atoms with Crippen molar-refractivity contribution in [2.24, 2.45) is 0 Å². The lowest BCUT2D eigenvalue weighted by atomic mass is 10.2. The van der Waals surface area contributed by atoms with Crippen LogP contribution in [-0.2, 0) is 14.3 Å². The number of anilines is 2. The first kappa shape index (κ1) is 23.3. The summed E-state index contributed by atoms with van der Waals surface area (Å²) in [7, 11) is 0. The first-order chi connectivity index (χ1) is 14.4. The Morgan fingerprint density at radius 2 is 1.68 bits per heavy atom. The quantitative estimate of drug-likeness (QED) is 0.401. The third-order valence-corrected chi connectivity index (χ3v) is 3.81. The average molecular weight is 429 g/mol. The van der Waals surface area contributed by atoms with Crippen molar-refractivity contribution in [2.45, 2.75) is 33.3 Å². The molecular formula is C21H23N3O7. The van der Waals surface area contributed by atoms with Crippen molar-refractivity contribution in [3.63, 3.8) is 0 Å². The minimum Gasteiger partial charge on any atom is -0.452 e. The van der Waals surface area contributed by atoms with E-state index in [-0.39, 0.29) is 16.9 Å². The number of nitrogens with zero attached hydrogens (tertiary/aromatic N) is 1. The summed E-state index contributed by atoms with van der Waals surface area (Å²) < 4.78 is 10.1. The molecule has 0 aliphatic rings. The molecule has 0 spiro atoms. The number of hydrogen-bond donors (Lipinski definition) is 2. The highest BCUT2D eigenvalue weighted by molar-refractivity contribution is 5.96. The van der Waals surface area contributed by atoms with Crippen LogP contribution in [0.4, 0.5) is 21.9 Å². The van der Waals surface area contributed by atoms with Gasteiger partial charge in [-0.1, -0.05) is 6.07 Å². The van der Waals surface area contributed by atoms with Gasteiger partial charge >= 0.3 is 12.1 Å². The maximum Gasteiger partial charge on any atom is 0.412 e. The van der Waals surface area contributed by atoms with Crippen LogP contribution in [0.1, 0.15) is 36.7 Å². The summed E-state index contributed by atoms with van der Waals surface area (Å²) in [5.74, 6) is -1.38. The molecule has 0 aromatic heterocycles. The van der Waals surface area contributed by atoms with E-state index in [1.165, 1.54) is 42.5 Å². The Hall–Kier alpha value is -3.95. The van der Waals surface area contributed by atoms with Crippen LogP contribution in [0, 0.1) is 17.0 Å². The van der Waals surface area contributed by atoms with E-state index in [9.17, 15) is 24.5 Å². The zero-order chi connectivity index (χ0) is 23.2. The maximum atomic E-state index is 12.1. The monoisotopic (exact) mass is 429 g/mol. The third-order valence-electron chi connectivity index (χ3n) is 3.81. The smallest absolute Gasteiger partial charge is 0.412 e. The minimum atomic E-state index is -0.741. The SMILES string of the molecule is Cc1ccc([N+](=O)[O-])cc1NC(=O)COC(=O)c1ccc(NC(=O)OC(C)(C)C)cc1. The number of hydrogen-bond acceptors (Lipinski definition) is 7. The number of aryl methyl sites for hydroxylation is 1. The van der Waals surface area contributed by atoms with E-state index in [1.807, 2.05) is 0 Å². The van der Waals surface area contributed by atoms with Gasteiger partial charge in [0.1, 0.15) is 5.60 Å². The fraction of sp³-hybridized carbons (Fsp3) is 0.286. The summed E-state index contributed by atoms with van der Waals surface area (Å²) >= 11 is 0. The first-order valence-corrected chi connectivity index (χ1v) is 9.27. The molecule has 10 heteroatoms. The molecule has 164 valence electrons. The number of carbonyl (C=O) groups excluding carboxylic acids is 3. The summed E-state index contributed by atoms with van der Waals surface area (Å²) in [4.78, 5) is 46.2. The topological polar surface area (TPSA) is 137 Å². The largest absolute Gasteiger partial charge is 0.452 e. The van der Waals surface area contributed by atoms with Crippen LogP contribution in [0.2, 0.25) is 0 Å². The van der Waals surface area contributed by atoms with Crippen molar-refractivity contribution in [3.8, 4) is 0 Å². The Morgan fingerprint density at radius 3 is 2.26 bits per heavy atom. The van der Waals surface area contributed by atoms with E-state index in [1.54, 1.807) is 27.7 Å². The fourth-order valence-corrected chi connectivity index (χ4v) is 2.37. The van der Waals surface area contributed by atoms with Gasteiger partial charge in [-0.3, -0.25) is 20.2 Å². The molecule has 2 N–H and O–H groups in total. The Kier molecular flexibility index (Phi) is 7.30. The highest BCUT2D eigenvalue weighted by Crippen LogP contribution is 2.21. The molecule has 0 aliphatic heterocycles. The highest BCUT2D eigenvalue weighted by atomic mass is 16.6. The second-order valence-corrected chi connectivity index (χ2v) is 7.58. The van der Waals surface area contributed by atoms with Crippen LogP contribution >= 0.6 is 0 Å². The number of nitrogens with one attached hydrogen (secondary N) is 2. The molecule has 2 aromatic rings. The van der Waals surface area contributed by atoms with Crippen LogP contribution < -0.4 is 10.6 Å². The van der Waals surface area contributed by atoms with Crippen molar-refractivity contribution in [1.82, 2.24) is 0 Å². The molecule has 0 atom stereocenters. The molecule has 0 unspecified atom stereocenters. The van der Waals surface area contributed by atoms with Crippen LogP contribution in [0.5, 0.6) is 0 Å². The van der Waals surface area contributed by atoms with Gasteiger partial charge in [-0.2, -0.15) is 0 Å². The first-order valence-electron chi connectivity index (χ1n) is 9.27. The van der Waals surface area contributed by atoms with Crippen molar-refractivity contribution in [1.29, 1.82) is 0 Å². The molecule has 0 aliphatic carbocycles. The summed E-state index contributed by atoms with van der Waals surface area (Å²) in [5, 5.41) is 15.9. The lowest BCUT2D eigenvalue weighted by Gasteiger charge is -2.19. The van der Waals surface area contributed by atoms with E-state index in [0.717, 1.165) is 0 Å². The van der Waals surface area contributed by atoms with Gasteiger partial charge in [-0.15, -0.1) is 0 Å². The van der Waals surface area contributed by atoms with Gasteiger partial charge in [-0.25, -0.2) is 9.59 Å². The average Bonchev–Trinajstić information content (AvgIpc) is 2.66. The zero-order valence-electron chi connectivity index (χ0n) is 17.6. The predicted molar refractivity (Wildman–Crippen MR) is 113 cm³/mol. The molecule has 2 rings (SSSR count). The molecule has 31 heavy (non-hydrogen) atoms. The predicted octanol–water partition coefficient (Wildman–Crippen LogP) is 4.05. The summed E-state index contributed by atoms with van der Waals surface area (Å²) in [6, 6.07) is 9.90. The summed E-state index contributed by atoms with van der Waals surface area (Å²) in [6.45, 7) is 6.32. The van der Waals surface area contributed by atoms with Crippen molar-refractivity contribution in [2.75, 3.05) is 17.2 Å². The van der Waals surface area contributed by atoms with E-state index < -0.39 is 35.1 Å². The van der Waals surface area contributed by atoms with Gasteiger partial charge in [0, 0.05) is 17.8 Å². The summed E-state index contributed by atoms with van der Waals surface area (Å²) in [6.07, 6.45) is -0.629. The van der Waals surface area contributed by atoms with Crippen molar-refractivity contribution < 1.29 is 28.8 Å². The summed E-state index contributed by atoms with van der Waals surface area (Å²) in [5.41, 5.74) is 0.667. The number of non-ortho nitro benzene ring substituents is 1. The molecule has 2 aromatic carbocycles. The van der Waals surface area contributed by atoms with Crippen LogP contribution in [-0.4, -0.2) is 35.1 Å². The molecule has 0 fully saturated rings. The molecule has 0 bridgehead atoms. The van der Waals surface area contributed by atoms with E-state index in [4.69, 9.17) is 9.47 Å². The van der Waals surface area contributed by atoms with Gasteiger partial charge < -0.3 is 14.8 Å². The normalized spacial score (nSPS) is 10.7. The number of amides is 2. The number of nitro benzene ring substituents is 1. The van der Waals surface area contributed by atoms with E-state index >= 15 is 0 Å². The Morgan fingerprint density at radius 1 is 1.03 bits per heavy atom. The van der Waals surface area contributed by atoms with Crippen LogP contribution in [0.15, 0.2) is 42.5 Å². The van der Waals surface area contributed by atoms with Gasteiger partial charge in [-0.05, 0) is 57.5 Å². The standard InChI is InChI=1S/C21H23N3O7/c1-13-5-10-16(24(28)29)11-17(13)23-18(25)12-30-19(26)14-6-8-15(9-7-14)22-20(27)31-21(2,3)4/h5-11H,12H2,1-4H3,(H,22,27)(H,23,25). The van der Waals surface area contributed by atoms with E-state index in [0.29, 0.717) is 11.3 Å². The fourth-order valence-electron chi connectivity index (χ4n) is 2.37. The molecule has 2 amide bonds. The number of esters is 1. The number of benzene rings is 2. The van der Waals surface area contributed by atoms with Crippen molar-refractivity contribution >= 4 is 35.0 Å². The highest BCUT2D eigenvalue weighted by Gasteiger charge is 2.17. The Labute approximate surface area is 178 Å². The second kappa shape index (κ2) is 9.70. The molecule has 0 radical (unpaired) electrons. The molecule has 10 nitrogen and oxygen atoms in total. The number of carbonyl (C=O) groups is 3. The lowest BCUT2D eigenvalue weighted by Crippen LogP contribution is -2.27. The third kappa shape index (κ3) is 7.42. The second-order valence-electron chi connectivity index (χ2n) is 7.58. The lowest BCUT2D eigenvalue weighted by molar-refractivity contribution is -0.384. The van der Waals surface area contributed by atoms with E-state index in [2.05, 4.69) is 10.6 Å². The minimum absolute atomic E-state index is 0.169. The number of nitro groups is 1. The molecule has 0 heterocycles. The number of rotatable bonds is 6. The molecular weight excluding hydrogens is 406 g/mol. The van der Waals surface area contributed by atoms with Gasteiger partial charge in [0.15, 0.2) is 6.61 Å². The maximum absolute atomic E-state index is 12.1. The molecule has 0 saturated carbocycles. The van der Waals surface area contributed by atoms with Gasteiger partial charge in [0.2, 0.25) is 0 Å². The zero-order valence-corrected chi connectivity index (χ0v) is 17.6. The Bertz CT molecular complexity index is 995. The Balaban J connectivity index is 1.90. The molecule has 0 saturated heterocycles.